The van der Waals surface area contributed by atoms with E-state index in [0.717, 1.165) is 69.3 Å². The van der Waals surface area contributed by atoms with Gasteiger partial charge in [-0.1, -0.05) is 181 Å². The molecular weight excluding hydrogens is 937 g/mol. The van der Waals surface area contributed by atoms with E-state index in [1.165, 1.54) is 0 Å². The first-order valence-corrected chi connectivity index (χ1v) is 26.9. The Kier molecular flexibility index (Phi) is 21.3. The molecule has 0 amide bonds. The molecular formula is C62H94O10S. The Morgan fingerprint density at radius 1 is 0.397 bits per heavy atom. The maximum Gasteiger partial charge on any atom is 0.306 e. The number of carbonyl (C=O) groups excluding carboxylic acids is 3. The number of thiocarbonyl (C=S) groups is 1. The highest BCUT2D eigenvalue weighted by Crippen LogP contribution is 2.43. The Hall–Kier alpha value is -4.64. The second-order valence-corrected chi connectivity index (χ2v) is 27.2. The largest absolute Gasteiger partial charge is 0.507 e. The maximum atomic E-state index is 13.9. The molecule has 0 fully saturated rings. The van der Waals surface area contributed by atoms with Crippen LogP contribution >= 0.6 is 12.2 Å². The number of rotatable bonds is 21. The van der Waals surface area contributed by atoms with Crippen LogP contribution in [0, 0.1) is 5.41 Å². The van der Waals surface area contributed by atoms with Gasteiger partial charge in [0, 0.05) is 25.7 Å². The molecule has 0 heterocycles. The summed E-state index contributed by atoms with van der Waals surface area (Å²) in [6.45, 7) is 37.8. The molecule has 0 spiro atoms. The normalized spacial score (nSPS) is 12.9. The van der Waals surface area contributed by atoms with Gasteiger partial charge in [-0.15, -0.1) is 0 Å². The van der Waals surface area contributed by atoms with Gasteiger partial charge in [0.05, 0.1) is 0 Å². The quantitative estimate of drug-likeness (QED) is 0.0405. The third kappa shape index (κ3) is 18.9. The molecule has 408 valence electrons. The first kappa shape index (κ1) is 62.7. The topological polar surface area (TPSA) is 149 Å². The van der Waals surface area contributed by atoms with Gasteiger partial charge in [0.25, 0.3) is 0 Å². The van der Waals surface area contributed by atoms with E-state index in [2.05, 4.69) is 6.92 Å². The highest BCUT2D eigenvalue weighted by Gasteiger charge is 2.38. The predicted octanol–water partition coefficient (Wildman–Crippen LogP) is 14.3. The highest BCUT2D eigenvalue weighted by atomic mass is 32.1. The lowest BCUT2D eigenvalue weighted by molar-refractivity contribution is -0.164. The predicted molar refractivity (Wildman–Crippen MR) is 299 cm³/mol. The molecule has 0 atom stereocenters. The molecule has 0 unspecified atom stereocenters. The summed E-state index contributed by atoms with van der Waals surface area (Å²) in [7, 11) is 0. The summed E-state index contributed by atoms with van der Waals surface area (Å²) in [4.78, 5) is 41.6. The van der Waals surface area contributed by atoms with Crippen LogP contribution in [0.15, 0.2) is 36.4 Å². The van der Waals surface area contributed by atoms with Crippen LogP contribution in [0.25, 0.3) is 0 Å². The minimum absolute atomic E-state index is 0.0172. The van der Waals surface area contributed by atoms with Gasteiger partial charge >= 0.3 is 17.9 Å². The van der Waals surface area contributed by atoms with Gasteiger partial charge in [0.1, 0.15) is 49.1 Å². The van der Waals surface area contributed by atoms with Gasteiger partial charge in [-0.2, -0.15) is 0 Å². The number of hydrogen-bond donors (Lipinski definition) is 3. The van der Waals surface area contributed by atoms with Gasteiger partial charge in [-0.3, -0.25) is 14.4 Å². The average molecular weight is 1030 g/mol. The van der Waals surface area contributed by atoms with Gasteiger partial charge in [0.2, 0.25) is 0 Å². The van der Waals surface area contributed by atoms with Crippen LogP contribution in [0.5, 0.6) is 17.2 Å². The molecule has 3 N–H and O–H groups in total. The molecule has 0 aliphatic carbocycles. The zero-order valence-electron chi connectivity index (χ0n) is 48.5. The van der Waals surface area contributed by atoms with E-state index >= 15 is 0 Å². The van der Waals surface area contributed by atoms with E-state index in [4.69, 9.17) is 31.2 Å². The maximum absolute atomic E-state index is 13.9. The summed E-state index contributed by atoms with van der Waals surface area (Å²) in [5, 5.41) is 34.3. The van der Waals surface area contributed by atoms with Crippen molar-refractivity contribution in [3.63, 3.8) is 0 Å². The zero-order chi connectivity index (χ0) is 55.7. The Labute approximate surface area is 445 Å². The summed E-state index contributed by atoms with van der Waals surface area (Å²) in [5.41, 5.74) is 3.96. The van der Waals surface area contributed by atoms with E-state index in [-0.39, 0.29) is 95.4 Å². The number of aromatic hydroxyl groups is 3. The fraction of sp³-hybridized carbons (Fsp3) is 0.645. The van der Waals surface area contributed by atoms with E-state index in [1.54, 1.807) is 0 Å². The smallest absolute Gasteiger partial charge is 0.306 e. The van der Waals surface area contributed by atoms with Crippen LogP contribution in [0.4, 0.5) is 0 Å². The van der Waals surface area contributed by atoms with Crippen molar-refractivity contribution < 1.29 is 48.7 Å². The molecule has 3 aromatic carbocycles. The first-order chi connectivity index (χ1) is 33.3. The van der Waals surface area contributed by atoms with Crippen molar-refractivity contribution in [3.05, 3.63) is 86.5 Å². The number of phenolic OH excluding ortho intramolecular Hbond substituents is 3. The van der Waals surface area contributed by atoms with Crippen molar-refractivity contribution in [1.29, 1.82) is 0 Å². The molecule has 11 heteroatoms. The van der Waals surface area contributed by atoms with Crippen molar-refractivity contribution in [2.24, 2.45) is 5.41 Å². The first-order valence-electron chi connectivity index (χ1n) is 26.5. The molecule has 0 aromatic heterocycles. The molecule has 0 aliphatic rings. The van der Waals surface area contributed by atoms with Crippen molar-refractivity contribution >= 4 is 35.2 Å². The Balaban J connectivity index is 2.01. The number of benzene rings is 3. The monoisotopic (exact) mass is 1030 g/mol. The minimum atomic E-state index is -1.35. The summed E-state index contributed by atoms with van der Waals surface area (Å²) in [6, 6.07) is 11.7. The summed E-state index contributed by atoms with van der Waals surface area (Å²) >= 11 is 5.68. The molecule has 0 aliphatic heterocycles. The Morgan fingerprint density at radius 3 is 0.849 bits per heavy atom. The van der Waals surface area contributed by atoms with Crippen LogP contribution < -0.4 is 0 Å². The Bertz CT molecular complexity index is 2040. The molecule has 10 nitrogen and oxygen atoms in total. The molecule has 3 rings (SSSR count). The van der Waals surface area contributed by atoms with Crippen LogP contribution in [0.2, 0.25) is 0 Å². The number of carbonyl (C=O) groups is 3. The SMILES string of the molecule is CCCCCC(=S)OCC(COC(=O)CCc1cc(C(C)(C)C)c(O)c(C(C)(C)C)c1)(COC(=O)CCc1cc(C(C)(C)C)c(O)c(C(C)(C)C)c1)COC(=O)CCc1cc(C(C)(C)C)c(O)c(C(C)(C)C)c1. The van der Waals surface area contributed by atoms with E-state index in [9.17, 15) is 29.7 Å². The zero-order valence-corrected chi connectivity index (χ0v) is 49.3. The fourth-order valence-corrected chi connectivity index (χ4v) is 8.88. The second kappa shape index (κ2) is 24.8. The molecule has 0 saturated heterocycles. The van der Waals surface area contributed by atoms with Crippen LogP contribution in [0.1, 0.15) is 227 Å². The van der Waals surface area contributed by atoms with E-state index < -0.39 is 23.3 Å². The molecule has 0 bridgehead atoms. The highest BCUT2D eigenvalue weighted by molar-refractivity contribution is 7.80. The van der Waals surface area contributed by atoms with E-state index in [0.29, 0.717) is 30.7 Å². The number of unbranched alkanes of at least 4 members (excludes halogenated alkanes) is 2. The fourth-order valence-electron chi connectivity index (χ4n) is 8.68. The lowest BCUT2D eigenvalue weighted by atomic mass is 9.78. The van der Waals surface area contributed by atoms with Gasteiger partial charge < -0.3 is 34.3 Å². The van der Waals surface area contributed by atoms with Gasteiger partial charge in [0.15, 0.2) is 5.05 Å². The summed E-state index contributed by atoms with van der Waals surface area (Å²) < 4.78 is 24.4. The van der Waals surface area contributed by atoms with Crippen molar-refractivity contribution in [3.8, 4) is 17.2 Å². The Morgan fingerprint density at radius 2 is 0.630 bits per heavy atom. The minimum Gasteiger partial charge on any atom is -0.507 e. The van der Waals surface area contributed by atoms with Crippen LogP contribution in [-0.2, 0) is 85.1 Å². The van der Waals surface area contributed by atoms with Crippen LogP contribution in [0.3, 0.4) is 0 Å². The number of phenols is 3. The standard InChI is InChI=1S/C62H94O10S/c1-20-21-22-23-52(73)72-39-62(36-69-49(63)27-24-40-30-43(56(2,3)4)53(66)44(31-40)57(5,6)7,37-70-50(64)28-25-41-32-45(58(8,9)10)54(67)46(33-41)59(11,12)13)38-71-51(65)29-26-42-34-47(60(14,15)16)55(68)48(35-42)61(17,18)19/h30-35,66-68H,20-29,36-39H2,1-19H3. The lowest BCUT2D eigenvalue weighted by Crippen LogP contribution is -2.44. The average Bonchev–Trinajstić information content (AvgIpc) is 3.25. The van der Waals surface area contributed by atoms with Crippen LogP contribution in [-0.4, -0.2) is 64.7 Å². The molecule has 3 aromatic rings. The van der Waals surface area contributed by atoms with Gasteiger partial charge in [-0.25, -0.2) is 0 Å². The third-order valence-electron chi connectivity index (χ3n) is 13.4. The molecule has 73 heavy (non-hydrogen) atoms. The van der Waals surface area contributed by atoms with E-state index in [1.807, 2.05) is 161 Å². The van der Waals surface area contributed by atoms with Crippen molar-refractivity contribution in [1.82, 2.24) is 0 Å². The summed E-state index contributed by atoms with van der Waals surface area (Å²) in [6.07, 6.45) is 4.38. The lowest BCUT2D eigenvalue weighted by Gasteiger charge is -2.32. The number of aryl methyl sites for hydroxylation is 3. The van der Waals surface area contributed by atoms with Gasteiger partial charge in [-0.05, 0) is 120 Å². The number of esters is 3. The van der Waals surface area contributed by atoms with Crippen molar-refractivity contribution in [2.45, 2.75) is 228 Å². The summed E-state index contributed by atoms with van der Waals surface area (Å²) in [5.74, 6) is -0.761. The van der Waals surface area contributed by atoms with Crippen molar-refractivity contribution in [2.75, 3.05) is 26.4 Å². The molecule has 0 radical (unpaired) electrons. The number of hydrogen-bond acceptors (Lipinski definition) is 11. The molecule has 0 saturated carbocycles. The number of ether oxygens (including phenoxy) is 4. The second-order valence-electron chi connectivity index (χ2n) is 26.7. The third-order valence-corrected chi connectivity index (χ3v) is 13.7.